The van der Waals surface area contributed by atoms with E-state index in [1.165, 1.54) is 11.1 Å². The lowest BCUT2D eigenvalue weighted by atomic mass is 9.94. The van der Waals surface area contributed by atoms with Gasteiger partial charge >= 0.3 is 0 Å². The zero-order valence-electron chi connectivity index (χ0n) is 13.7. The van der Waals surface area contributed by atoms with Crippen LogP contribution in [-0.4, -0.2) is 31.0 Å². The van der Waals surface area contributed by atoms with Crippen LogP contribution in [0.1, 0.15) is 17.5 Å². The van der Waals surface area contributed by atoms with Crippen molar-refractivity contribution in [3.05, 3.63) is 65.7 Å². The molecule has 0 bridgehead atoms. The quantitative estimate of drug-likeness (QED) is 0.848. The number of likely N-dealkylation sites (tertiary alicyclic amines) is 1. The molecule has 120 valence electrons. The highest BCUT2D eigenvalue weighted by atomic mass is 16.5. The number of methoxy groups -OCH3 is 1. The monoisotopic (exact) mass is 309 g/mol. The van der Waals surface area contributed by atoms with E-state index in [1.807, 2.05) is 42.3 Å². The summed E-state index contributed by atoms with van der Waals surface area (Å²) in [5.41, 5.74) is 2.49. The predicted octanol–water partition coefficient (Wildman–Crippen LogP) is 3.33. The molecule has 0 aromatic heterocycles. The van der Waals surface area contributed by atoms with Gasteiger partial charge in [0.15, 0.2) is 0 Å². The molecule has 2 atom stereocenters. The number of rotatable bonds is 5. The van der Waals surface area contributed by atoms with Crippen LogP contribution >= 0.6 is 0 Å². The highest BCUT2D eigenvalue weighted by Crippen LogP contribution is 2.29. The van der Waals surface area contributed by atoms with E-state index in [9.17, 15) is 4.79 Å². The van der Waals surface area contributed by atoms with Crippen molar-refractivity contribution >= 4 is 5.91 Å². The fourth-order valence-electron chi connectivity index (χ4n) is 3.38. The number of likely N-dealkylation sites (N-methyl/N-ethyl adjacent to an activating group) is 1. The van der Waals surface area contributed by atoms with Gasteiger partial charge in [-0.15, -0.1) is 0 Å². The fraction of sp³-hybridized carbons (Fsp3) is 0.350. The molecule has 1 aliphatic heterocycles. The van der Waals surface area contributed by atoms with Crippen LogP contribution in [0.3, 0.4) is 0 Å². The zero-order chi connectivity index (χ0) is 16.2. The lowest BCUT2D eigenvalue weighted by Gasteiger charge is -2.19. The lowest BCUT2D eigenvalue weighted by molar-refractivity contribution is -0.130. The van der Waals surface area contributed by atoms with Crippen LogP contribution in [-0.2, 0) is 17.6 Å². The van der Waals surface area contributed by atoms with Crippen LogP contribution in [0.15, 0.2) is 54.6 Å². The van der Waals surface area contributed by atoms with E-state index in [-0.39, 0.29) is 17.9 Å². The minimum atomic E-state index is 0.102. The first kappa shape index (κ1) is 15.6. The smallest absolute Gasteiger partial charge is 0.226 e. The largest absolute Gasteiger partial charge is 0.497 e. The van der Waals surface area contributed by atoms with Gasteiger partial charge in [-0.1, -0.05) is 42.5 Å². The predicted molar refractivity (Wildman–Crippen MR) is 91.5 cm³/mol. The summed E-state index contributed by atoms with van der Waals surface area (Å²) >= 11 is 0. The summed E-state index contributed by atoms with van der Waals surface area (Å²) in [5.74, 6) is 1.24. The number of hydrogen-bond donors (Lipinski definition) is 0. The number of carbonyl (C=O) groups excluding carboxylic acids is 1. The number of nitrogens with zero attached hydrogens (tertiary/aromatic N) is 1. The number of carbonyl (C=O) groups is 1. The molecule has 0 radical (unpaired) electrons. The maximum absolute atomic E-state index is 12.5. The Kier molecular flexibility index (Phi) is 4.65. The minimum absolute atomic E-state index is 0.102. The molecule has 1 fully saturated rings. The first-order valence-electron chi connectivity index (χ1n) is 8.11. The van der Waals surface area contributed by atoms with Crippen LogP contribution in [0.4, 0.5) is 0 Å². The topological polar surface area (TPSA) is 29.5 Å². The number of hydrogen-bond acceptors (Lipinski definition) is 2. The van der Waals surface area contributed by atoms with Crippen LogP contribution < -0.4 is 4.74 Å². The van der Waals surface area contributed by atoms with Gasteiger partial charge in [0, 0.05) is 19.0 Å². The summed E-state index contributed by atoms with van der Waals surface area (Å²) < 4.78 is 5.20. The molecule has 3 rings (SSSR count). The standard InChI is InChI=1S/C20H23NO2/c1-21-18(13-16-8-10-19(23-2)11-9-16)14-17(20(21)22)12-15-6-4-3-5-7-15/h3-11,17-18H,12-14H2,1-2H3/t17?,18-/m0/s1. The Bertz CT molecular complexity index is 651. The van der Waals surface area contributed by atoms with Crippen molar-refractivity contribution in [3.8, 4) is 5.75 Å². The third-order valence-electron chi connectivity index (χ3n) is 4.76. The fourth-order valence-corrected chi connectivity index (χ4v) is 3.38. The van der Waals surface area contributed by atoms with Crippen molar-refractivity contribution in [3.63, 3.8) is 0 Å². The van der Waals surface area contributed by atoms with Gasteiger partial charge in [0.2, 0.25) is 5.91 Å². The average molecular weight is 309 g/mol. The summed E-state index contributed by atoms with van der Waals surface area (Å²) in [4.78, 5) is 14.4. The van der Waals surface area contributed by atoms with Gasteiger partial charge < -0.3 is 9.64 Å². The molecule has 1 aliphatic rings. The maximum Gasteiger partial charge on any atom is 0.226 e. The van der Waals surface area contributed by atoms with Crippen LogP contribution in [0.5, 0.6) is 5.75 Å². The molecule has 1 heterocycles. The summed E-state index contributed by atoms with van der Waals surface area (Å²) in [6.07, 6.45) is 2.66. The van der Waals surface area contributed by atoms with Gasteiger partial charge in [0.25, 0.3) is 0 Å². The molecule has 3 nitrogen and oxygen atoms in total. The second kappa shape index (κ2) is 6.86. The third-order valence-corrected chi connectivity index (χ3v) is 4.76. The van der Waals surface area contributed by atoms with Gasteiger partial charge in [-0.2, -0.15) is 0 Å². The Hall–Kier alpha value is -2.29. The summed E-state index contributed by atoms with van der Waals surface area (Å²) in [6.45, 7) is 0. The molecule has 0 aliphatic carbocycles. The van der Waals surface area contributed by atoms with E-state index in [1.54, 1.807) is 7.11 Å². The minimum Gasteiger partial charge on any atom is -0.497 e. The van der Waals surface area contributed by atoms with Gasteiger partial charge in [0.1, 0.15) is 5.75 Å². The molecule has 0 spiro atoms. The van der Waals surface area contributed by atoms with E-state index in [0.29, 0.717) is 0 Å². The molecular formula is C20H23NO2. The molecule has 1 amide bonds. The molecule has 1 unspecified atom stereocenters. The second-order valence-electron chi connectivity index (χ2n) is 6.28. The molecule has 23 heavy (non-hydrogen) atoms. The van der Waals surface area contributed by atoms with Gasteiger partial charge in [0.05, 0.1) is 7.11 Å². The summed E-state index contributed by atoms with van der Waals surface area (Å²) in [7, 11) is 3.61. The highest BCUT2D eigenvalue weighted by molar-refractivity contribution is 5.81. The van der Waals surface area contributed by atoms with Crippen molar-refractivity contribution in [2.45, 2.75) is 25.3 Å². The first-order valence-corrected chi connectivity index (χ1v) is 8.11. The molecule has 3 heteroatoms. The second-order valence-corrected chi connectivity index (χ2v) is 6.28. The maximum atomic E-state index is 12.5. The SMILES string of the molecule is COc1ccc(C[C@H]2CC(Cc3ccccc3)C(=O)N2C)cc1. The Balaban J connectivity index is 1.65. The van der Waals surface area contributed by atoms with Crippen molar-refractivity contribution in [2.75, 3.05) is 14.2 Å². The van der Waals surface area contributed by atoms with Crippen LogP contribution in [0.25, 0.3) is 0 Å². The lowest BCUT2D eigenvalue weighted by Crippen LogP contribution is -2.31. The number of benzene rings is 2. The molecule has 0 saturated carbocycles. The molecule has 2 aromatic rings. The molecule has 1 saturated heterocycles. The summed E-state index contributed by atoms with van der Waals surface area (Å²) in [6, 6.07) is 18.7. The third kappa shape index (κ3) is 3.55. The van der Waals surface area contributed by atoms with Gasteiger partial charge in [-0.25, -0.2) is 0 Å². The molecule has 0 N–H and O–H groups in total. The number of amides is 1. The first-order chi connectivity index (χ1) is 11.2. The van der Waals surface area contributed by atoms with E-state index >= 15 is 0 Å². The Morgan fingerprint density at radius 1 is 1.00 bits per heavy atom. The molecular weight excluding hydrogens is 286 g/mol. The molecule has 2 aromatic carbocycles. The van der Waals surface area contributed by atoms with Crippen molar-refractivity contribution in [2.24, 2.45) is 5.92 Å². The Morgan fingerprint density at radius 2 is 1.65 bits per heavy atom. The van der Waals surface area contributed by atoms with E-state index < -0.39 is 0 Å². The zero-order valence-corrected chi connectivity index (χ0v) is 13.7. The Morgan fingerprint density at radius 3 is 2.30 bits per heavy atom. The van der Waals surface area contributed by atoms with Crippen molar-refractivity contribution < 1.29 is 9.53 Å². The highest BCUT2D eigenvalue weighted by Gasteiger charge is 2.36. The van der Waals surface area contributed by atoms with Gasteiger partial charge in [-0.05, 0) is 42.5 Å². The van der Waals surface area contributed by atoms with E-state index in [2.05, 4.69) is 24.3 Å². The van der Waals surface area contributed by atoms with E-state index in [4.69, 9.17) is 4.74 Å². The average Bonchev–Trinajstić information content (AvgIpc) is 2.84. The van der Waals surface area contributed by atoms with Crippen LogP contribution in [0, 0.1) is 5.92 Å². The van der Waals surface area contributed by atoms with Crippen molar-refractivity contribution in [1.29, 1.82) is 0 Å². The Labute approximate surface area is 137 Å². The van der Waals surface area contributed by atoms with Crippen molar-refractivity contribution in [1.82, 2.24) is 4.90 Å². The van der Waals surface area contributed by atoms with Crippen LogP contribution in [0.2, 0.25) is 0 Å². The normalized spacial score (nSPS) is 20.8. The summed E-state index contributed by atoms with van der Waals surface area (Å²) in [5, 5.41) is 0. The van der Waals surface area contributed by atoms with E-state index in [0.717, 1.165) is 25.0 Å². The van der Waals surface area contributed by atoms with Gasteiger partial charge in [-0.3, -0.25) is 4.79 Å². The number of ether oxygens (including phenoxy) is 1.